The molecule has 1 aliphatic rings. The first-order valence-corrected chi connectivity index (χ1v) is 32.1. The van der Waals surface area contributed by atoms with Gasteiger partial charge in [-0.3, -0.25) is 0 Å². The van der Waals surface area contributed by atoms with Crippen LogP contribution in [-0.4, -0.2) is 0 Å². The highest BCUT2D eigenvalue weighted by atomic mass is 16.3. The summed E-state index contributed by atoms with van der Waals surface area (Å²) in [7, 11) is 0. The van der Waals surface area contributed by atoms with Gasteiger partial charge in [0.05, 0.1) is 16.5 Å². The minimum Gasteiger partial charge on any atom is -0.456 e. The smallest absolute Gasteiger partial charge is 0.145 e. The fourth-order valence-corrected chi connectivity index (χ4v) is 13.8. The standard InChI is InChI=1S/C85H88N2O2/c1-79(2,3)53-23-25-58(26-24-53)85(60-36-48-75-69(50-60)68-49-59(84(16,17)18)35-47-74(68)88-75)70-51-65(86(61-37-27-54(28-38-61)80(4,5)6)62-39-29-55(30-40-62)81(7,8)9)45-46-66(70)76-71(85)52-72(77-67-21-19-20-22-73(67)89-78(76)77)87(63-41-31-56(32-42-63)82(10,11)12)64-43-33-57(34-44-64)83(13,14)15/h19-52H,1-18H3. The quantitative estimate of drug-likeness (QED) is 0.152. The van der Waals surface area contributed by atoms with E-state index in [0.717, 1.165) is 106 Å². The van der Waals surface area contributed by atoms with Gasteiger partial charge in [0.25, 0.3) is 0 Å². The highest BCUT2D eigenvalue weighted by Gasteiger charge is 2.49. The third-order valence-corrected chi connectivity index (χ3v) is 19.1. The Kier molecular flexibility index (Phi) is 13.8. The monoisotopic (exact) mass is 1170 g/mol. The molecule has 1 aliphatic carbocycles. The minimum atomic E-state index is -0.936. The Labute approximate surface area is 529 Å². The van der Waals surface area contributed by atoms with E-state index >= 15 is 0 Å². The highest BCUT2D eigenvalue weighted by Crippen LogP contribution is 2.62. The molecule has 12 aromatic rings. The molecular weight excluding hydrogens is 1080 g/mol. The number of furan rings is 2. The molecular formula is C85H88N2O2. The molecule has 2 heterocycles. The van der Waals surface area contributed by atoms with Crippen molar-refractivity contribution < 1.29 is 8.83 Å². The van der Waals surface area contributed by atoms with Crippen LogP contribution in [-0.2, 0) is 37.9 Å². The molecule has 0 amide bonds. The van der Waals surface area contributed by atoms with Crippen LogP contribution < -0.4 is 9.80 Å². The SMILES string of the molecule is CC(C)(C)c1ccc(N(c2ccc(C(C)(C)C)cc2)c2ccc3c(c2)C(c2ccc(C(C)(C)C)cc2)(c2ccc4oc5ccc(C(C)(C)C)cc5c4c2)c2cc(N(c4ccc(C(C)(C)C)cc4)c4ccc(C(C)(C)C)cc4)c4c(oc5ccccc54)c2-3)cc1. The molecule has 0 spiro atoms. The lowest BCUT2D eigenvalue weighted by atomic mass is 9.66. The number of benzene rings is 10. The van der Waals surface area contributed by atoms with Gasteiger partial charge >= 0.3 is 0 Å². The molecule has 10 aromatic carbocycles. The lowest BCUT2D eigenvalue weighted by molar-refractivity contribution is 0.589. The summed E-state index contributed by atoms with van der Waals surface area (Å²) in [6, 6.07) is 78.9. The fourth-order valence-electron chi connectivity index (χ4n) is 13.8. The van der Waals surface area contributed by atoms with Gasteiger partial charge in [-0.15, -0.1) is 0 Å². The Bertz CT molecular complexity index is 4550. The van der Waals surface area contributed by atoms with Crippen molar-refractivity contribution in [3.05, 3.63) is 262 Å². The molecule has 4 nitrogen and oxygen atoms in total. The van der Waals surface area contributed by atoms with Crippen LogP contribution in [0.25, 0.3) is 55.0 Å². The zero-order chi connectivity index (χ0) is 63.1. The Balaban J connectivity index is 1.19. The second-order valence-electron chi connectivity index (χ2n) is 31.6. The Hall–Kier alpha value is -8.60. The highest BCUT2D eigenvalue weighted by molar-refractivity contribution is 6.19. The van der Waals surface area contributed by atoms with Gasteiger partial charge in [0.15, 0.2) is 0 Å². The maximum absolute atomic E-state index is 7.57. The average molecular weight is 1170 g/mol. The molecule has 0 saturated heterocycles. The van der Waals surface area contributed by atoms with Gasteiger partial charge in [-0.1, -0.05) is 234 Å². The minimum absolute atomic E-state index is 0.0168. The molecule has 0 fully saturated rings. The Morgan fingerprint density at radius 2 is 0.674 bits per heavy atom. The molecule has 0 N–H and O–H groups in total. The molecule has 0 saturated carbocycles. The van der Waals surface area contributed by atoms with Gasteiger partial charge in [-0.2, -0.15) is 0 Å². The van der Waals surface area contributed by atoms with Gasteiger partial charge in [0.2, 0.25) is 0 Å². The maximum atomic E-state index is 7.57. The topological polar surface area (TPSA) is 32.8 Å². The maximum Gasteiger partial charge on any atom is 0.145 e. The summed E-state index contributed by atoms with van der Waals surface area (Å²) in [5.41, 5.74) is 23.2. The normalized spacial score (nSPS) is 14.9. The van der Waals surface area contributed by atoms with Crippen molar-refractivity contribution in [2.75, 3.05) is 9.80 Å². The van der Waals surface area contributed by atoms with E-state index in [1.807, 2.05) is 0 Å². The zero-order valence-electron chi connectivity index (χ0n) is 55.8. The zero-order valence-corrected chi connectivity index (χ0v) is 55.8. The van der Waals surface area contributed by atoms with E-state index in [0.29, 0.717) is 0 Å². The molecule has 2 aromatic heterocycles. The first kappa shape index (κ1) is 59.4. The van der Waals surface area contributed by atoms with E-state index in [-0.39, 0.29) is 32.5 Å². The Morgan fingerprint density at radius 3 is 1.15 bits per heavy atom. The van der Waals surface area contributed by atoms with E-state index in [2.05, 4.69) is 341 Å². The number of fused-ring (bicyclic) bond motifs is 10. The van der Waals surface area contributed by atoms with E-state index in [4.69, 9.17) is 8.83 Å². The number of rotatable bonds is 8. The van der Waals surface area contributed by atoms with Crippen LogP contribution in [0.15, 0.2) is 215 Å². The van der Waals surface area contributed by atoms with Crippen molar-refractivity contribution in [3.63, 3.8) is 0 Å². The number of anilines is 6. The van der Waals surface area contributed by atoms with Gasteiger partial charge in [0.1, 0.15) is 22.3 Å². The van der Waals surface area contributed by atoms with Crippen molar-refractivity contribution in [3.8, 4) is 11.1 Å². The van der Waals surface area contributed by atoms with Crippen molar-refractivity contribution in [1.82, 2.24) is 0 Å². The average Bonchev–Trinajstić information content (AvgIpc) is 1.55. The molecule has 450 valence electrons. The molecule has 0 aliphatic heterocycles. The number of hydrogen-bond donors (Lipinski definition) is 0. The molecule has 0 radical (unpaired) electrons. The molecule has 13 rings (SSSR count). The lowest BCUT2D eigenvalue weighted by Gasteiger charge is -2.36. The molecule has 1 atom stereocenters. The summed E-state index contributed by atoms with van der Waals surface area (Å²) in [6.45, 7) is 41.3. The van der Waals surface area contributed by atoms with Crippen LogP contribution in [0.3, 0.4) is 0 Å². The summed E-state index contributed by atoms with van der Waals surface area (Å²) in [5.74, 6) is 0. The largest absolute Gasteiger partial charge is 0.456 e. The van der Waals surface area contributed by atoms with Gasteiger partial charge in [-0.05, 0) is 191 Å². The van der Waals surface area contributed by atoms with E-state index in [1.165, 1.54) is 38.9 Å². The second kappa shape index (κ2) is 20.7. The van der Waals surface area contributed by atoms with E-state index in [1.54, 1.807) is 0 Å². The van der Waals surface area contributed by atoms with Crippen molar-refractivity contribution >= 4 is 78.0 Å². The molecule has 0 bridgehead atoms. The molecule has 4 heteroatoms. The molecule has 1 unspecified atom stereocenters. The van der Waals surface area contributed by atoms with Gasteiger partial charge in [-0.25, -0.2) is 0 Å². The predicted molar refractivity (Wildman–Crippen MR) is 380 cm³/mol. The van der Waals surface area contributed by atoms with Crippen LogP contribution >= 0.6 is 0 Å². The molecule has 89 heavy (non-hydrogen) atoms. The van der Waals surface area contributed by atoms with Crippen LogP contribution in [0.4, 0.5) is 34.1 Å². The number of hydrogen-bond acceptors (Lipinski definition) is 4. The van der Waals surface area contributed by atoms with Crippen molar-refractivity contribution in [2.45, 2.75) is 163 Å². The Morgan fingerprint density at radius 1 is 0.292 bits per heavy atom. The number of para-hydroxylation sites is 1. The van der Waals surface area contributed by atoms with Crippen LogP contribution in [0, 0.1) is 0 Å². The third-order valence-electron chi connectivity index (χ3n) is 19.1. The van der Waals surface area contributed by atoms with E-state index < -0.39 is 5.41 Å². The summed E-state index contributed by atoms with van der Waals surface area (Å²) < 4.78 is 14.4. The van der Waals surface area contributed by atoms with Gasteiger partial charge in [0, 0.05) is 50.2 Å². The predicted octanol–water partition coefficient (Wildman–Crippen LogP) is 24.6. The van der Waals surface area contributed by atoms with Crippen LogP contribution in [0.2, 0.25) is 0 Å². The lowest BCUT2D eigenvalue weighted by Crippen LogP contribution is -2.29. The second-order valence-corrected chi connectivity index (χ2v) is 31.6. The first-order valence-electron chi connectivity index (χ1n) is 32.1. The van der Waals surface area contributed by atoms with Crippen LogP contribution in [0.5, 0.6) is 0 Å². The first-order chi connectivity index (χ1) is 41.9. The van der Waals surface area contributed by atoms with Crippen molar-refractivity contribution in [1.29, 1.82) is 0 Å². The summed E-state index contributed by atoms with van der Waals surface area (Å²) in [4.78, 5) is 4.96. The van der Waals surface area contributed by atoms with E-state index in [9.17, 15) is 0 Å². The van der Waals surface area contributed by atoms with Gasteiger partial charge < -0.3 is 18.6 Å². The summed E-state index contributed by atoms with van der Waals surface area (Å²) >= 11 is 0. The van der Waals surface area contributed by atoms with Crippen molar-refractivity contribution in [2.24, 2.45) is 0 Å². The number of nitrogens with zero attached hydrogens (tertiary/aromatic N) is 2. The van der Waals surface area contributed by atoms with Crippen LogP contribution in [0.1, 0.15) is 180 Å². The summed E-state index contributed by atoms with van der Waals surface area (Å²) in [5, 5.41) is 4.33. The fraction of sp³-hybridized carbons (Fsp3) is 0.294. The third kappa shape index (κ3) is 10.3. The summed E-state index contributed by atoms with van der Waals surface area (Å²) in [6.07, 6.45) is 0.